The molecule has 0 saturated carbocycles. The van der Waals surface area contributed by atoms with E-state index in [0.29, 0.717) is 28.7 Å². The van der Waals surface area contributed by atoms with Gasteiger partial charge in [-0.15, -0.1) is 0 Å². The molecular formula is C31H28N6O. The lowest BCUT2D eigenvalue weighted by atomic mass is 9.87. The molecule has 0 spiro atoms. The maximum atomic E-state index is 13.7. The summed E-state index contributed by atoms with van der Waals surface area (Å²) >= 11 is 0. The van der Waals surface area contributed by atoms with E-state index in [1.807, 2.05) is 54.6 Å². The first kappa shape index (κ1) is 23.7. The summed E-state index contributed by atoms with van der Waals surface area (Å²) in [6, 6.07) is 26.1. The van der Waals surface area contributed by atoms with Crippen molar-refractivity contribution in [3.8, 4) is 0 Å². The molecule has 0 N–H and O–H groups in total. The van der Waals surface area contributed by atoms with Crippen molar-refractivity contribution in [1.29, 1.82) is 0 Å². The van der Waals surface area contributed by atoms with Gasteiger partial charge in [0.1, 0.15) is 10.9 Å². The standard InChI is InChI=1S/C31H28N6O/c1-31(2,3)23-15-13-22(14-16-23)19-33-37-28-26(27-29(37)35-25-12-8-7-11-24(25)34-27)30(38)36(20-32-28)18-17-21-9-5-4-6-10-21/h4-16,19-20H,17-18H2,1-3H3/b33-19-. The number of para-hydroxylation sites is 2. The van der Waals surface area contributed by atoms with Crippen LogP contribution < -0.4 is 5.56 Å². The first-order valence-electron chi connectivity index (χ1n) is 12.7. The van der Waals surface area contributed by atoms with Crippen LogP contribution in [0.4, 0.5) is 0 Å². The minimum absolute atomic E-state index is 0.0729. The smallest absolute Gasteiger partial charge is 0.265 e. The van der Waals surface area contributed by atoms with E-state index < -0.39 is 0 Å². The summed E-state index contributed by atoms with van der Waals surface area (Å²) < 4.78 is 3.27. The normalized spacial score (nSPS) is 12.3. The molecule has 0 amide bonds. The summed E-state index contributed by atoms with van der Waals surface area (Å²) in [7, 11) is 0. The van der Waals surface area contributed by atoms with Crippen LogP contribution in [0, 0.1) is 0 Å². The van der Waals surface area contributed by atoms with Crippen molar-refractivity contribution >= 4 is 39.4 Å². The highest BCUT2D eigenvalue weighted by atomic mass is 16.1. The molecule has 6 aromatic rings. The molecule has 3 aromatic heterocycles. The van der Waals surface area contributed by atoms with Crippen molar-refractivity contribution in [3.63, 3.8) is 0 Å². The monoisotopic (exact) mass is 500 g/mol. The molecule has 0 radical (unpaired) electrons. The fraction of sp³-hybridized carbons (Fsp3) is 0.194. The Morgan fingerprint density at radius 3 is 2.24 bits per heavy atom. The van der Waals surface area contributed by atoms with Gasteiger partial charge in [-0.3, -0.25) is 9.36 Å². The van der Waals surface area contributed by atoms with Gasteiger partial charge in [-0.2, -0.15) is 9.78 Å². The zero-order valence-electron chi connectivity index (χ0n) is 21.7. The molecular weight excluding hydrogens is 472 g/mol. The highest BCUT2D eigenvalue weighted by molar-refractivity contribution is 6.04. The van der Waals surface area contributed by atoms with Crippen LogP contribution in [0.15, 0.2) is 95.1 Å². The van der Waals surface area contributed by atoms with Crippen LogP contribution in [-0.4, -0.2) is 30.4 Å². The van der Waals surface area contributed by atoms with E-state index in [1.54, 1.807) is 21.8 Å². The Labute approximate surface area is 220 Å². The Bertz CT molecular complexity index is 1860. The Morgan fingerprint density at radius 1 is 0.842 bits per heavy atom. The maximum absolute atomic E-state index is 13.7. The maximum Gasteiger partial charge on any atom is 0.265 e. The van der Waals surface area contributed by atoms with Crippen molar-refractivity contribution in [1.82, 2.24) is 24.2 Å². The largest absolute Gasteiger partial charge is 0.298 e. The lowest BCUT2D eigenvalue weighted by Gasteiger charge is -2.18. The third-order valence-corrected chi connectivity index (χ3v) is 6.79. The van der Waals surface area contributed by atoms with Gasteiger partial charge >= 0.3 is 0 Å². The van der Waals surface area contributed by atoms with Gasteiger partial charge in [0.15, 0.2) is 11.3 Å². The Morgan fingerprint density at radius 2 is 1.53 bits per heavy atom. The van der Waals surface area contributed by atoms with Crippen LogP contribution in [-0.2, 0) is 18.4 Å². The quantitative estimate of drug-likeness (QED) is 0.284. The predicted molar refractivity (Wildman–Crippen MR) is 153 cm³/mol. The van der Waals surface area contributed by atoms with E-state index >= 15 is 0 Å². The van der Waals surface area contributed by atoms with Crippen LogP contribution in [0.5, 0.6) is 0 Å². The van der Waals surface area contributed by atoms with Crippen molar-refractivity contribution in [2.45, 2.75) is 39.2 Å². The molecule has 3 aromatic carbocycles. The van der Waals surface area contributed by atoms with E-state index in [1.165, 1.54) is 5.56 Å². The zero-order chi connectivity index (χ0) is 26.3. The first-order valence-corrected chi connectivity index (χ1v) is 12.7. The Balaban J connectivity index is 1.48. The average molecular weight is 501 g/mol. The SMILES string of the molecule is CC(C)(C)c1ccc(/C=N\n2c3nc4ccccc4nc3c3c(=O)n(CCc4ccccc4)cnc32)cc1. The van der Waals surface area contributed by atoms with E-state index in [0.717, 1.165) is 28.6 Å². The summed E-state index contributed by atoms with van der Waals surface area (Å²) in [5.41, 5.74) is 6.19. The third kappa shape index (κ3) is 4.36. The number of rotatable bonds is 5. The summed E-state index contributed by atoms with van der Waals surface area (Å²) in [5.74, 6) is 0. The number of hydrogen-bond acceptors (Lipinski definition) is 5. The molecule has 0 bridgehead atoms. The Kier molecular flexibility index (Phi) is 5.83. The van der Waals surface area contributed by atoms with Gasteiger partial charge in [0, 0.05) is 6.54 Å². The molecule has 7 nitrogen and oxygen atoms in total. The van der Waals surface area contributed by atoms with Gasteiger partial charge < -0.3 is 0 Å². The minimum Gasteiger partial charge on any atom is -0.298 e. The molecule has 0 aliphatic heterocycles. The topological polar surface area (TPSA) is 78.0 Å². The number of aromatic nitrogens is 5. The van der Waals surface area contributed by atoms with E-state index in [2.05, 4.69) is 50.0 Å². The van der Waals surface area contributed by atoms with Crippen LogP contribution in [0.25, 0.3) is 33.2 Å². The average Bonchev–Trinajstić information content (AvgIpc) is 3.23. The van der Waals surface area contributed by atoms with E-state index in [9.17, 15) is 4.79 Å². The van der Waals surface area contributed by atoms with Crippen LogP contribution in [0.1, 0.15) is 37.5 Å². The number of hydrogen-bond donors (Lipinski definition) is 0. The van der Waals surface area contributed by atoms with Crippen molar-refractivity contribution < 1.29 is 0 Å². The lowest BCUT2D eigenvalue weighted by molar-refractivity contribution is 0.590. The zero-order valence-corrected chi connectivity index (χ0v) is 21.7. The molecule has 6 rings (SSSR count). The van der Waals surface area contributed by atoms with Gasteiger partial charge in [0.2, 0.25) is 0 Å². The van der Waals surface area contributed by atoms with Gasteiger partial charge in [-0.25, -0.2) is 15.0 Å². The number of nitrogens with zero attached hydrogens (tertiary/aromatic N) is 6. The van der Waals surface area contributed by atoms with Crippen molar-refractivity contribution in [3.05, 3.63) is 112 Å². The van der Waals surface area contributed by atoms with Crippen molar-refractivity contribution in [2.24, 2.45) is 5.10 Å². The first-order chi connectivity index (χ1) is 18.4. The van der Waals surface area contributed by atoms with Crippen LogP contribution in [0.3, 0.4) is 0 Å². The number of fused-ring (bicyclic) bond motifs is 4. The lowest BCUT2D eigenvalue weighted by Crippen LogP contribution is -2.21. The number of benzene rings is 3. The number of aryl methyl sites for hydroxylation is 2. The second kappa shape index (κ2) is 9.34. The van der Waals surface area contributed by atoms with Gasteiger partial charge in [0.05, 0.1) is 23.6 Å². The van der Waals surface area contributed by atoms with Crippen molar-refractivity contribution in [2.75, 3.05) is 0 Å². The molecule has 3 heterocycles. The summed E-state index contributed by atoms with van der Waals surface area (Å²) in [4.78, 5) is 28.0. The minimum atomic E-state index is -0.149. The molecule has 0 unspecified atom stereocenters. The molecule has 7 heteroatoms. The molecule has 0 aliphatic carbocycles. The van der Waals surface area contributed by atoms with Crippen LogP contribution >= 0.6 is 0 Å². The molecule has 38 heavy (non-hydrogen) atoms. The molecule has 0 saturated heterocycles. The highest BCUT2D eigenvalue weighted by Gasteiger charge is 2.20. The fourth-order valence-corrected chi connectivity index (χ4v) is 4.61. The predicted octanol–water partition coefficient (Wildman–Crippen LogP) is 5.72. The molecule has 0 aliphatic rings. The second-order valence-electron chi connectivity index (χ2n) is 10.5. The molecule has 0 fully saturated rings. The van der Waals surface area contributed by atoms with Gasteiger partial charge in [-0.1, -0.05) is 87.5 Å². The Hall–Kier alpha value is -4.65. The van der Waals surface area contributed by atoms with Gasteiger partial charge in [0.25, 0.3) is 5.56 Å². The van der Waals surface area contributed by atoms with Crippen LogP contribution in [0.2, 0.25) is 0 Å². The summed E-state index contributed by atoms with van der Waals surface area (Å²) in [6.45, 7) is 7.09. The van der Waals surface area contributed by atoms with Gasteiger partial charge in [-0.05, 0) is 40.7 Å². The summed E-state index contributed by atoms with van der Waals surface area (Å²) in [6.07, 6.45) is 4.09. The summed E-state index contributed by atoms with van der Waals surface area (Å²) in [5, 5.41) is 5.16. The third-order valence-electron chi connectivity index (χ3n) is 6.79. The molecule has 0 atom stereocenters. The van der Waals surface area contributed by atoms with E-state index in [-0.39, 0.29) is 11.0 Å². The molecule has 188 valence electrons. The highest BCUT2D eigenvalue weighted by Crippen LogP contribution is 2.25. The second-order valence-corrected chi connectivity index (χ2v) is 10.5. The fourth-order valence-electron chi connectivity index (χ4n) is 4.61. The van der Waals surface area contributed by atoms with E-state index in [4.69, 9.17) is 15.1 Å².